The molecule has 1 aromatic heterocycles. The Balaban J connectivity index is 1.55. The summed E-state index contributed by atoms with van der Waals surface area (Å²) >= 11 is 0. The summed E-state index contributed by atoms with van der Waals surface area (Å²) in [6, 6.07) is 6.98. The number of piperidine rings is 1. The lowest BCUT2D eigenvalue weighted by atomic mass is 9.98. The number of aliphatic hydroxyl groups is 1. The van der Waals surface area contributed by atoms with Gasteiger partial charge in [0.25, 0.3) is 0 Å². The zero-order valence-corrected chi connectivity index (χ0v) is 18.5. The average Bonchev–Trinajstić information content (AvgIpc) is 2.67. The molecule has 29 heavy (non-hydrogen) atoms. The largest absolute Gasteiger partial charge is 0.497 e. The number of nitrogens with one attached hydrogen (secondary N) is 1. The highest BCUT2D eigenvalue weighted by Gasteiger charge is 2.23. The molecule has 6 heteroatoms. The maximum Gasteiger partial charge on any atom is 0.226 e. The molecule has 2 N–H and O–H groups in total. The molecule has 0 aliphatic carbocycles. The van der Waals surface area contributed by atoms with E-state index in [1.165, 1.54) is 0 Å². The van der Waals surface area contributed by atoms with E-state index < -0.39 is 5.60 Å². The molecule has 1 atom stereocenters. The van der Waals surface area contributed by atoms with Crippen molar-refractivity contribution < 1.29 is 9.84 Å². The molecule has 1 saturated heterocycles. The Morgan fingerprint density at radius 1 is 1.28 bits per heavy atom. The number of nitrogens with zero attached hydrogens (tertiary/aromatic N) is 3. The number of aryl methyl sites for hydroxylation is 1. The van der Waals surface area contributed by atoms with Crippen molar-refractivity contribution in [1.82, 2.24) is 15.3 Å². The van der Waals surface area contributed by atoms with Gasteiger partial charge in [0.2, 0.25) is 5.95 Å². The number of rotatable bonds is 8. The van der Waals surface area contributed by atoms with Gasteiger partial charge >= 0.3 is 0 Å². The van der Waals surface area contributed by atoms with Crippen LogP contribution in [-0.2, 0) is 0 Å². The van der Waals surface area contributed by atoms with E-state index in [1.54, 1.807) is 7.11 Å². The first kappa shape index (κ1) is 21.8. The Morgan fingerprint density at radius 2 is 2.00 bits per heavy atom. The molecule has 2 heterocycles. The van der Waals surface area contributed by atoms with Gasteiger partial charge in [0.15, 0.2) is 0 Å². The van der Waals surface area contributed by atoms with Crippen LogP contribution in [0.2, 0.25) is 0 Å². The zero-order valence-electron chi connectivity index (χ0n) is 18.5. The van der Waals surface area contributed by atoms with E-state index in [0.29, 0.717) is 12.1 Å². The average molecular weight is 401 g/mol. The molecule has 1 aliphatic heterocycles. The molecule has 3 rings (SSSR count). The topological polar surface area (TPSA) is 70.5 Å². The molecular weight excluding hydrogens is 364 g/mol. The minimum Gasteiger partial charge on any atom is -0.497 e. The molecular formula is C23H36N4O2. The van der Waals surface area contributed by atoms with Gasteiger partial charge in [-0.2, -0.15) is 0 Å². The SMILES string of the molecule is COc1ccc2c(C)nc(N3CCC(N[C@H](C)CCCC(C)(C)O)CC3)nc2c1. The van der Waals surface area contributed by atoms with Crippen LogP contribution >= 0.6 is 0 Å². The summed E-state index contributed by atoms with van der Waals surface area (Å²) in [7, 11) is 1.68. The van der Waals surface area contributed by atoms with E-state index in [9.17, 15) is 5.11 Å². The van der Waals surface area contributed by atoms with Crippen LogP contribution in [0, 0.1) is 6.92 Å². The highest BCUT2D eigenvalue weighted by molar-refractivity contribution is 5.83. The van der Waals surface area contributed by atoms with Crippen LogP contribution in [-0.4, -0.2) is 53.0 Å². The van der Waals surface area contributed by atoms with E-state index >= 15 is 0 Å². The maximum absolute atomic E-state index is 9.86. The Hall–Kier alpha value is -1.92. The molecule has 0 bridgehead atoms. The molecule has 160 valence electrons. The fraction of sp³-hybridized carbons (Fsp3) is 0.652. The van der Waals surface area contributed by atoms with Crippen molar-refractivity contribution in [2.75, 3.05) is 25.1 Å². The van der Waals surface area contributed by atoms with Gasteiger partial charge in [0.1, 0.15) is 5.75 Å². The lowest BCUT2D eigenvalue weighted by Gasteiger charge is -2.34. The fourth-order valence-electron chi connectivity index (χ4n) is 4.09. The smallest absolute Gasteiger partial charge is 0.226 e. The summed E-state index contributed by atoms with van der Waals surface area (Å²) in [6.07, 6.45) is 5.17. The van der Waals surface area contributed by atoms with Crippen LogP contribution in [0.1, 0.15) is 58.6 Å². The van der Waals surface area contributed by atoms with E-state index in [1.807, 2.05) is 39.0 Å². The third-order valence-electron chi connectivity index (χ3n) is 5.81. The Kier molecular flexibility index (Phi) is 6.96. The summed E-state index contributed by atoms with van der Waals surface area (Å²) in [5.41, 5.74) is 1.38. The normalized spacial score (nSPS) is 17.0. The van der Waals surface area contributed by atoms with Crippen molar-refractivity contribution in [3.05, 3.63) is 23.9 Å². The van der Waals surface area contributed by atoms with Gasteiger partial charge in [-0.25, -0.2) is 9.97 Å². The summed E-state index contributed by atoms with van der Waals surface area (Å²) < 4.78 is 5.35. The molecule has 1 aromatic carbocycles. The number of aromatic nitrogens is 2. The molecule has 0 unspecified atom stereocenters. The van der Waals surface area contributed by atoms with E-state index in [-0.39, 0.29) is 0 Å². The van der Waals surface area contributed by atoms with E-state index in [2.05, 4.69) is 17.1 Å². The first-order valence-corrected chi connectivity index (χ1v) is 10.8. The fourth-order valence-corrected chi connectivity index (χ4v) is 4.09. The van der Waals surface area contributed by atoms with Crippen molar-refractivity contribution in [2.24, 2.45) is 0 Å². The number of benzene rings is 1. The second-order valence-electron chi connectivity index (χ2n) is 9.03. The van der Waals surface area contributed by atoms with Gasteiger partial charge in [-0.1, -0.05) is 0 Å². The highest BCUT2D eigenvalue weighted by atomic mass is 16.5. The van der Waals surface area contributed by atoms with E-state index in [0.717, 1.165) is 73.5 Å². The summed E-state index contributed by atoms with van der Waals surface area (Å²) in [6.45, 7) is 9.98. The van der Waals surface area contributed by atoms with Crippen LogP contribution < -0.4 is 15.0 Å². The molecule has 0 radical (unpaired) electrons. The number of hydrogen-bond acceptors (Lipinski definition) is 6. The molecule has 0 spiro atoms. The first-order valence-electron chi connectivity index (χ1n) is 10.8. The lowest BCUT2D eigenvalue weighted by Crippen LogP contribution is -2.46. The van der Waals surface area contributed by atoms with Crippen molar-refractivity contribution in [1.29, 1.82) is 0 Å². The van der Waals surface area contributed by atoms with Crippen molar-refractivity contribution >= 4 is 16.9 Å². The molecule has 0 amide bonds. The summed E-state index contributed by atoms with van der Waals surface area (Å²) in [5.74, 6) is 1.64. The van der Waals surface area contributed by atoms with Crippen LogP contribution in [0.4, 0.5) is 5.95 Å². The van der Waals surface area contributed by atoms with Gasteiger partial charge in [-0.05, 0) is 71.9 Å². The number of anilines is 1. The summed E-state index contributed by atoms with van der Waals surface area (Å²) in [5, 5.41) is 14.7. The third-order valence-corrected chi connectivity index (χ3v) is 5.81. The van der Waals surface area contributed by atoms with Crippen LogP contribution in [0.3, 0.4) is 0 Å². The highest BCUT2D eigenvalue weighted by Crippen LogP contribution is 2.25. The number of fused-ring (bicyclic) bond motifs is 1. The summed E-state index contributed by atoms with van der Waals surface area (Å²) in [4.78, 5) is 11.9. The van der Waals surface area contributed by atoms with Crippen LogP contribution in [0.25, 0.3) is 10.9 Å². The van der Waals surface area contributed by atoms with E-state index in [4.69, 9.17) is 14.7 Å². The standard InChI is InChI=1S/C23H36N4O2/c1-16(7-6-12-23(3,4)28)24-18-10-13-27(14-11-18)22-25-17(2)20-9-8-19(29-5)15-21(20)26-22/h8-9,15-16,18,24,28H,6-7,10-14H2,1-5H3/t16-/m1/s1. The van der Waals surface area contributed by atoms with Gasteiger partial charge < -0.3 is 20.1 Å². The molecule has 0 saturated carbocycles. The predicted molar refractivity (Wildman–Crippen MR) is 119 cm³/mol. The van der Waals surface area contributed by atoms with Crippen molar-refractivity contribution in [3.8, 4) is 5.75 Å². The van der Waals surface area contributed by atoms with Gasteiger partial charge in [-0.3, -0.25) is 0 Å². The minimum atomic E-state index is -0.562. The second kappa shape index (κ2) is 9.26. The zero-order chi connectivity index (χ0) is 21.0. The quantitative estimate of drug-likeness (QED) is 0.702. The maximum atomic E-state index is 9.86. The number of methoxy groups -OCH3 is 1. The van der Waals surface area contributed by atoms with Gasteiger partial charge in [0.05, 0.1) is 23.9 Å². The Bertz CT molecular complexity index is 810. The molecule has 1 aliphatic rings. The predicted octanol–water partition coefficient (Wildman–Crippen LogP) is 3.83. The Morgan fingerprint density at radius 3 is 2.66 bits per heavy atom. The monoisotopic (exact) mass is 400 g/mol. The lowest BCUT2D eigenvalue weighted by molar-refractivity contribution is 0.0673. The third kappa shape index (κ3) is 6.03. The van der Waals surface area contributed by atoms with Gasteiger partial charge in [-0.15, -0.1) is 0 Å². The molecule has 2 aromatic rings. The number of hydrogen-bond donors (Lipinski definition) is 2. The van der Waals surface area contributed by atoms with Crippen molar-refractivity contribution in [3.63, 3.8) is 0 Å². The molecule has 6 nitrogen and oxygen atoms in total. The first-order chi connectivity index (χ1) is 13.7. The van der Waals surface area contributed by atoms with Gasteiger partial charge in [0, 0.05) is 36.6 Å². The molecule has 1 fully saturated rings. The second-order valence-corrected chi connectivity index (χ2v) is 9.03. The van der Waals surface area contributed by atoms with Crippen LogP contribution in [0.5, 0.6) is 5.75 Å². The van der Waals surface area contributed by atoms with Crippen molar-refractivity contribution in [2.45, 2.75) is 77.5 Å². The number of ether oxygens (including phenoxy) is 1. The van der Waals surface area contributed by atoms with Crippen LogP contribution in [0.15, 0.2) is 18.2 Å². The Labute approximate surface area is 174 Å². The minimum absolute atomic E-state index is 0.473.